The van der Waals surface area contributed by atoms with Crippen molar-refractivity contribution < 1.29 is 19.1 Å². The number of ketones is 2. The van der Waals surface area contributed by atoms with E-state index in [9.17, 15) is 9.59 Å². The van der Waals surface area contributed by atoms with Crippen LogP contribution in [-0.2, 0) is 9.59 Å². The molecule has 0 spiro atoms. The molecule has 0 N–H and O–H groups in total. The van der Waals surface area contributed by atoms with Crippen LogP contribution in [0.25, 0.3) is 0 Å². The van der Waals surface area contributed by atoms with Gasteiger partial charge >= 0.3 is 0 Å². The summed E-state index contributed by atoms with van der Waals surface area (Å²) in [5.41, 5.74) is 4.71. The van der Waals surface area contributed by atoms with Crippen molar-refractivity contribution in [1.29, 1.82) is 0 Å². The van der Waals surface area contributed by atoms with E-state index in [0.29, 0.717) is 37.0 Å². The van der Waals surface area contributed by atoms with E-state index in [1.165, 1.54) is 30.7 Å². The highest BCUT2D eigenvalue weighted by molar-refractivity contribution is 14.1. The summed E-state index contributed by atoms with van der Waals surface area (Å²) < 4.78 is 12.6. The monoisotopic (exact) mass is 643 g/mol. The summed E-state index contributed by atoms with van der Waals surface area (Å²) in [5.74, 6) is 1.26. The Bertz CT molecular complexity index is 1210. The van der Waals surface area contributed by atoms with Crippen molar-refractivity contribution in [2.75, 3.05) is 13.7 Å². The minimum absolute atomic E-state index is 0.117. The Morgan fingerprint density at radius 1 is 0.949 bits per heavy atom. The molecule has 0 amide bonds. The Morgan fingerprint density at radius 2 is 1.51 bits per heavy atom. The summed E-state index contributed by atoms with van der Waals surface area (Å²) in [6, 6.07) is 4.41. The number of hydrogen-bond acceptors (Lipinski definition) is 5. The molecule has 5 rings (SSSR count). The van der Waals surface area contributed by atoms with Gasteiger partial charge in [-0.15, -0.1) is 0 Å². The van der Waals surface area contributed by atoms with E-state index in [0.717, 1.165) is 46.0 Å². The van der Waals surface area contributed by atoms with Crippen LogP contribution in [0.1, 0.15) is 97.0 Å². The molecular formula is C33H42INO4. The molecular weight excluding hydrogens is 601 g/mol. The van der Waals surface area contributed by atoms with Gasteiger partial charge in [0, 0.05) is 47.3 Å². The Hall–Kier alpha value is -2.09. The average molecular weight is 644 g/mol. The van der Waals surface area contributed by atoms with E-state index >= 15 is 0 Å². The molecule has 0 unspecified atom stereocenters. The lowest BCUT2D eigenvalue weighted by Gasteiger charge is -2.52. The topological polar surface area (TPSA) is 55.8 Å². The maximum Gasteiger partial charge on any atom is 0.174 e. The van der Waals surface area contributed by atoms with Crippen LogP contribution in [0, 0.1) is 14.4 Å². The second kappa shape index (κ2) is 10.7. The van der Waals surface area contributed by atoms with Gasteiger partial charge < -0.3 is 14.4 Å². The summed E-state index contributed by atoms with van der Waals surface area (Å²) in [4.78, 5) is 30.8. The molecule has 0 aromatic heterocycles. The van der Waals surface area contributed by atoms with Crippen LogP contribution < -0.4 is 9.47 Å². The van der Waals surface area contributed by atoms with Crippen LogP contribution in [0.4, 0.5) is 0 Å². The van der Waals surface area contributed by atoms with E-state index in [2.05, 4.69) is 67.8 Å². The van der Waals surface area contributed by atoms with Gasteiger partial charge in [-0.25, -0.2) is 0 Å². The van der Waals surface area contributed by atoms with Crippen molar-refractivity contribution >= 4 is 34.2 Å². The Morgan fingerprint density at radius 3 is 2.03 bits per heavy atom. The van der Waals surface area contributed by atoms with E-state index in [1.807, 2.05) is 6.07 Å². The van der Waals surface area contributed by atoms with E-state index in [-0.39, 0.29) is 28.3 Å². The number of ether oxygens (including phenoxy) is 2. The fourth-order valence-corrected chi connectivity index (χ4v) is 8.08. The summed E-state index contributed by atoms with van der Waals surface area (Å²) in [5, 5.41) is 0. The van der Waals surface area contributed by atoms with Crippen LogP contribution in [-0.4, -0.2) is 36.2 Å². The minimum atomic E-state index is -0.377. The van der Waals surface area contributed by atoms with Crippen molar-refractivity contribution in [2.24, 2.45) is 10.8 Å². The molecule has 1 heterocycles. The lowest BCUT2D eigenvalue weighted by molar-refractivity contribution is -0.119. The summed E-state index contributed by atoms with van der Waals surface area (Å²) in [6.07, 6.45) is 10.3. The number of nitrogens with zero attached hydrogens (tertiary/aromatic N) is 1. The smallest absolute Gasteiger partial charge is 0.174 e. The molecule has 0 bridgehead atoms. The molecule has 210 valence electrons. The minimum Gasteiger partial charge on any atom is -0.493 e. The fraction of sp³-hybridized carbons (Fsp3) is 0.576. The van der Waals surface area contributed by atoms with Crippen LogP contribution in [0.15, 0.2) is 47.3 Å². The third-order valence-corrected chi connectivity index (χ3v) is 9.62. The second-order valence-corrected chi connectivity index (χ2v) is 14.5. The molecule has 1 aliphatic heterocycles. The van der Waals surface area contributed by atoms with E-state index in [1.54, 1.807) is 13.2 Å². The predicted molar refractivity (Wildman–Crippen MR) is 163 cm³/mol. The van der Waals surface area contributed by atoms with Gasteiger partial charge in [-0.3, -0.25) is 9.59 Å². The number of halogens is 1. The number of carbonyl (C=O) groups is 2. The van der Waals surface area contributed by atoms with Crippen LogP contribution in [0.5, 0.6) is 11.5 Å². The third kappa shape index (κ3) is 5.34. The standard InChI is InChI=1S/C33H42INO4/c1-7-13-39-31-22(34)14-20(15-27(31)38-6)28-29-23(16-32(2,3)18-25(29)36)35(21-11-9-8-10-12-21)24-17-33(4,5)19-26(37)30(24)28/h7,14-15,21,28H,1,8-13,16-19H2,2-6H3. The van der Waals surface area contributed by atoms with Crippen molar-refractivity contribution in [3.63, 3.8) is 0 Å². The lowest BCUT2D eigenvalue weighted by atomic mass is 9.63. The summed E-state index contributed by atoms with van der Waals surface area (Å²) in [7, 11) is 1.64. The maximum absolute atomic E-state index is 14.1. The van der Waals surface area contributed by atoms with Crippen molar-refractivity contribution in [3.05, 3.63) is 56.5 Å². The molecule has 0 atom stereocenters. The van der Waals surface area contributed by atoms with Crippen molar-refractivity contribution in [1.82, 2.24) is 4.90 Å². The molecule has 1 aromatic carbocycles. The number of hydrogen-bond donors (Lipinski definition) is 0. The molecule has 39 heavy (non-hydrogen) atoms. The molecule has 0 radical (unpaired) electrons. The van der Waals surface area contributed by atoms with Gasteiger partial charge in [-0.05, 0) is 76.8 Å². The van der Waals surface area contributed by atoms with Gasteiger partial charge in [0.2, 0.25) is 0 Å². The third-order valence-electron chi connectivity index (χ3n) is 8.82. The van der Waals surface area contributed by atoms with Crippen LogP contribution in [0.3, 0.4) is 0 Å². The summed E-state index contributed by atoms with van der Waals surface area (Å²) in [6.45, 7) is 13.0. The molecule has 5 nitrogen and oxygen atoms in total. The fourth-order valence-electron chi connectivity index (χ4n) is 7.30. The Labute approximate surface area is 247 Å². The highest BCUT2D eigenvalue weighted by Gasteiger charge is 2.50. The highest BCUT2D eigenvalue weighted by Crippen LogP contribution is 2.56. The zero-order valence-electron chi connectivity index (χ0n) is 24.1. The molecule has 6 heteroatoms. The van der Waals surface area contributed by atoms with Gasteiger partial charge in [0.1, 0.15) is 6.61 Å². The lowest BCUT2D eigenvalue weighted by Crippen LogP contribution is -2.48. The zero-order valence-corrected chi connectivity index (χ0v) is 26.3. The first-order valence-electron chi connectivity index (χ1n) is 14.4. The predicted octanol–water partition coefficient (Wildman–Crippen LogP) is 7.88. The zero-order chi connectivity index (χ0) is 28.1. The number of carbonyl (C=O) groups excluding carboxylic acids is 2. The molecule has 1 aromatic rings. The van der Waals surface area contributed by atoms with Crippen LogP contribution >= 0.6 is 22.6 Å². The van der Waals surface area contributed by atoms with Gasteiger partial charge in [-0.1, -0.05) is 59.6 Å². The molecule has 0 saturated heterocycles. The average Bonchev–Trinajstić information content (AvgIpc) is 2.85. The van der Waals surface area contributed by atoms with Gasteiger partial charge in [0.25, 0.3) is 0 Å². The second-order valence-electron chi connectivity index (χ2n) is 13.3. The molecule has 1 saturated carbocycles. The maximum atomic E-state index is 14.1. The van der Waals surface area contributed by atoms with Crippen molar-refractivity contribution in [3.8, 4) is 11.5 Å². The first-order valence-corrected chi connectivity index (χ1v) is 15.5. The van der Waals surface area contributed by atoms with E-state index < -0.39 is 0 Å². The number of Topliss-reactive ketones (excluding diaryl/α,β-unsaturated/α-hetero) is 2. The summed E-state index contributed by atoms with van der Waals surface area (Å²) >= 11 is 2.28. The Kier molecular flexibility index (Phi) is 7.81. The SMILES string of the molecule is C=CCOc1c(I)cc(C2C3=C(CC(C)(C)CC3=O)N(C3CCCCC3)C3=C2C(=O)CC(C)(C)C3)cc1OC. The highest BCUT2D eigenvalue weighted by atomic mass is 127. The first-order chi connectivity index (χ1) is 18.5. The van der Waals surface area contributed by atoms with Gasteiger partial charge in [0.15, 0.2) is 23.1 Å². The number of allylic oxidation sites excluding steroid dienone is 4. The van der Waals surface area contributed by atoms with Gasteiger partial charge in [-0.2, -0.15) is 0 Å². The number of methoxy groups -OCH3 is 1. The first kappa shape index (κ1) is 28.4. The molecule has 4 aliphatic rings. The normalized spacial score (nSPS) is 23.5. The molecule has 1 fully saturated rings. The van der Waals surface area contributed by atoms with E-state index in [4.69, 9.17) is 9.47 Å². The largest absolute Gasteiger partial charge is 0.493 e. The van der Waals surface area contributed by atoms with Crippen LogP contribution in [0.2, 0.25) is 0 Å². The molecule has 3 aliphatic carbocycles. The number of benzene rings is 1. The van der Waals surface area contributed by atoms with Gasteiger partial charge in [0.05, 0.1) is 10.7 Å². The Balaban J connectivity index is 1.76. The van der Waals surface area contributed by atoms with Crippen molar-refractivity contribution in [2.45, 2.75) is 97.4 Å². The quantitative estimate of drug-likeness (QED) is 0.233. The number of rotatable bonds is 6.